The summed E-state index contributed by atoms with van der Waals surface area (Å²) in [6.07, 6.45) is 1.16. The van der Waals surface area contributed by atoms with Crippen LogP contribution in [0.2, 0.25) is 0 Å². The molecule has 0 saturated heterocycles. The molecule has 2 unspecified atom stereocenters. The normalized spacial score (nSPS) is 13.2. The van der Waals surface area contributed by atoms with E-state index in [2.05, 4.69) is 5.32 Å². The van der Waals surface area contributed by atoms with Crippen molar-refractivity contribution in [1.82, 2.24) is 14.5 Å². The van der Waals surface area contributed by atoms with Gasteiger partial charge < -0.3 is 10.2 Å². The predicted molar refractivity (Wildman–Crippen MR) is 135 cm³/mol. The van der Waals surface area contributed by atoms with Gasteiger partial charge >= 0.3 is 10.2 Å². The molecule has 0 radical (unpaired) electrons. The number of hydrogen-bond donors (Lipinski definition) is 1. The highest BCUT2D eigenvalue weighted by atomic mass is 32.2. The lowest BCUT2D eigenvalue weighted by atomic mass is 10.1. The molecule has 0 aliphatic carbocycles. The minimum Gasteiger partial charge on any atom is -0.352 e. The Morgan fingerprint density at radius 2 is 1.47 bits per heavy atom. The number of nitrogens with one attached hydrogen (secondary N) is 1. The number of rotatable bonds is 12. The molecule has 2 atom stereocenters. The number of para-hydroxylation sites is 1. The van der Waals surface area contributed by atoms with E-state index in [0.717, 1.165) is 20.6 Å². The van der Waals surface area contributed by atoms with Crippen molar-refractivity contribution < 1.29 is 18.0 Å². The Morgan fingerprint density at radius 3 is 1.97 bits per heavy atom. The van der Waals surface area contributed by atoms with Crippen LogP contribution in [-0.2, 0) is 26.3 Å². The number of amides is 2. The van der Waals surface area contributed by atoms with Crippen LogP contribution in [0.4, 0.5) is 5.69 Å². The van der Waals surface area contributed by atoms with E-state index in [1.807, 2.05) is 51.1 Å². The Kier molecular flexibility index (Phi) is 10.1. The smallest absolute Gasteiger partial charge is 0.304 e. The molecule has 2 aromatic carbocycles. The fourth-order valence-electron chi connectivity index (χ4n) is 3.45. The summed E-state index contributed by atoms with van der Waals surface area (Å²) < 4.78 is 28.4. The van der Waals surface area contributed by atoms with Gasteiger partial charge in [-0.2, -0.15) is 12.7 Å². The highest BCUT2D eigenvalue weighted by Crippen LogP contribution is 2.21. The van der Waals surface area contributed by atoms with Gasteiger partial charge in [0.05, 0.1) is 5.69 Å². The molecule has 0 heterocycles. The molecule has 8 nitrogen and oxygen atoms in total. The second-order valence-corrected chi connectivity index (χ2v) is 10.4. The average Bonchev–Trinajstić information content (AvgIpc) is 2.83. The first-order chi connectivity index (χ1) is 16.1. The van der Waals surface area contributed by atoms with Crippen LogP contribution in [0.5, 0.6) is 0 Å². The van der Waals surface area contributed by atoms with Gasteiger partial charge in [-0.1, -0.05) is 62.4 Å². The van der Waals surface area contributed by atoms with Crippen molar-refractivity contribution in [3.8, 4) is 0 Å². The van der Waals surface area contributed by atoms with Crippen molar-refractivity contribution in [3.63, 3.8) is 0 Å². The molecule has 0 spiro atoms. The van der Waals surface area contributed by atoms with Gasteiger partial charge in [-0.15, -0.1) is 0 Å². The number of carbonyl (C=O) groups is 2. The molecule has 34 heavy (non-hydrogen) atoms. The predicted octanol–water partition coefficient (Wildman–Crippen LogP) is 3.02. The Hall–Kier alpha value is -2.91. The first-order valence-corrected chi connectivity index (χ1v) is 12.9. The van der Waals surface area contributed by atoms with E-state index < -0.39 is 28.7 Å². The molecule has 0 fully saturated rings. The molecule has 2 amide bonds. The molecule has 0 aliphatic heterocycles. The van der Waals surface area contributed by atoms with Gasteiger partial charge in [0, 0.05) is 26.7 Å². The van der Waals surface area contributed by atoms with E-state index in [9.17, 15) is 18.0 Å². The quantitative estimate of drug-likeness (QED) is 0.497. The first kappa shape index (κ1) is 27.3. The van der Waals surface area contributed by atoms with Crippen molar-refractivity contribution in [2.75, 3.05) is 24.9 Å². The SMILES string of the molecule is CCC(C)NC(=O)C(CC)N(Cc1ccccc1)C(=O)CN(c1ccccc1)S(=O)(=O)N(C)C. The summed E-state index contributed by atoms with van der Waals surface area (Å²) in [5, 5.41) is 2.96. The lowest BCUT2D eigenvalue weighted by Gasteiger charge is -2.34. The standard InChI is InChI=1S/C25H36N4O4S/c1-6-20(3)26-25(31)23(7-2)28(18-21-14-10-8-11-15-21)24(30)19-29(34(32,33)27(4)5)22-16-12-9-13-17-22/h8-17,20,23H,6-7,18-19H2,1-5H3,(H,26,31). The number of nitrogens with zero attached hydrogens (tertiary/aromatic N) is 3. The summed E-state index contributed by atoms with van der Waals surface area (Å²) in [7, 11) is -1.11. The Bertz CT molecular complexity index is 1030. The van der Waals surface area contributed by atoms with Crippen LogP contribution < -0.4 is 9.62 Å². The Balaban J connectivity index is 2.44. The van der Waals surface area contributed by atoms with Gasteiger partial charge in [-0.25, -0.2) is 4.31 Å². The minimum absolute atomic E-state index is 0.0369. The summed E-state index contributed by atoms with van der Waals surface area (Å²) in [6.45, 7) is 5.50. The summed E-state index contributed by atoms with van der Waals surface area (Å²) >= 11 is 0. The van der Waals surface area contributed by atoms with Crippen LogP contribution >= 0.6 is 0 Å². The largest absolute Gasteiger partial charge is 0.352 e. The maximum Gasteiger partial charge on any atom is 0.304 e. The molecular weight excluding hydrogens is 452 g/mol. The highest BCUT2D eigenvalue weighted by molar-refractivity contribution is 7.90. The van der Waals surface area contributed by atoms with E-state index in [0.29, 0.717) is 12.1 Å². The molecular formula is C25H36N4O4S. The van der Waals surface area contributed by atoms with Crippen LogP contribution in [0.15, 0.2) is 60.7 Å². The molecule has 0 saturated carbocycles. The third-order valence-corrected chi connectivity index (χ3v) is 7.47. The summed E-state index contributed by atoms with van der Waals surface area (Å²) in [6, 6.07) is 17.1. The maximum atomic E-state index is 13.7. The second kappa shape index (κ2) is 12.5. The van der Waals surface area contributed by atoms with Crippen LogP contribution in [-0.4, -0.2) is 62.2 Å². The molecule has 186 valence electrons. The van der Waals surface area contributed by atoms with Gasteiger partial charge in [-0.05, 0) is 37.5 Å². The highest BCUT2D eigenvalue weighted by Gasteiger charge is 2.33. The molecule has 0 bridgehead atoms. The van der Waals surface area contributed by atoms with E-state index in [1.165, 1.54) is 19.0 Å². The van der Waals surface area contributed by atoms with Crippen molar-refractivity contribution >= 4 is 27.7 Å². The Labute approximate surface area is 203 Å². The number of hydrogen-bond acceptors (Lipinski definition) is 4. The van der Waals surface area contributed by atoms with Gasteiger partial charge in [-0.3, -0.25) is 9.59 Å². The zero-order chi connectivity index (χ0) is 25.3. The number of anilines is 1. The molecule has 2 aromatic rings. The van der Waals surface area contributed by atoms with Crippen molar-refractivity contribution in [2.45, 2.75) is 52.2 Å². The third kappa shape index (κ3) is 7.04. The van der Waals surface area contributed by atoms with Crippen LogP contribution in [0.1, 0.15) is 39.2 Å². The van der Waals surface area contributed by atoms with Gasteiger partial charge in [0.1, 0.15) is 12.6 Å². The summed E-state index contributed by atoms with van der Waals surface area (Å²) in [5.41, 5.74) is 1.23. The molecule has 0 aromatic heterocycles. The van der Waals surface area contributed by atoms with E-state index >= 15 is 0 Å². The van der Waals surface area contributed by atoms with Gasteiger partial charge in [0.2, 0.25) is 11.8 Å². The summed E-state index contributed by atoms with van der Waals surface area (Å²) in [5.74, 6) is -0.702. The first-order valence-electron chi connectivity index (χ1n) is 11.5. The summed E-state index contributed by atoms with van der Waals surface area (Å²) in [4.78, 5) is 28.3. The lowest BCUT2D eigenvalue weighted by Crippen LogP contribution is -2.54. The average molecular weight is 489 g/mol. The fourth-order valence-corrected chi connectivity index (χ4v) is 4.51. The van der Waals surface area contributed by atoms with Crippen molar-refractivity contribution in [2.24, 2.45) is 0 Å². The fraction of sp³-hybridized carbons (Fsp3) is 0.440. The van der Waals surface area contributed by atoms with Crippen molar-refractivity contribution in [3.05, 3.63) is 66.2 Å². The van der Waals surface area contributed by atoms with Crippen molar-refractivity contribution in [1.29, 1.82) is 0 Å². The lowest BCUT2D eigenvalue weighted by molar-refractivity contribution is -0.140. The molecule has 1 N–H and O–H groups in total. The van der Waals surface area contributed by atoms with E-state index in [1.54, 1.807) is 30.3 Å². The Morgan fingerprint density at radius 1 is 0.912 bits per heavy atom. The topological polar surface area (TPSA) is 90.0 Å². The molecule has 0 aliphatic rings. The molecule has 9 heteroatoms. The van der Waals surface area contributed by atoms with Gasteiger partial charge in [0.15, 0.2) is 0 Å². The number of benzene rings is 2. The molecule has 2 rings (SSSR count). The second-order valence-electron chi connectivity index (χ2n) is 8.38. The minimum atomic E-state index is -3.95. The van der Waals surface area contributed by atoms with Crippen LogP contribution in [0.25, 0.3) is 0 Å². The monoisotopic (exact) mass is 488 g/mol. The van der Waals surface area contributed by atoms with Crippen LogP contribution in [0.3, 0.4) is 0 Å². The maximum absolute atomic E-state index is 13.7. The zero-order valence-corrected chi connectivity index (χ0v) is 21.5. The third-order valence-electron chi connectivity index (χ3n) is 5.65. The van der Waals surface area contributed by atoms with E-state index in [-0.39, 0.29) is 18.5 Å². The van der Waals surface area contributed by atoms with E-state index in [4.69, 9.17) is 0 Å². The number of carbonyl (C=O) groups excluding carboxylic acids is 2. The van der Waals surface area contributed by atoms with Gasteiger partial charge in [0.25, 0.3) is 0 Å². The zero-order valence-electron chi connectivity index (χ0n) is 20.6. The van der Waals surface area contributed by atoms with Crippen LogP contribution in [0, 0.1) is 0 Å².